The topological polar surface area (TPSA) is 66.5 Å². The third-order valence-corrected chi connectivity index (χ3v) is 4.93. The number of rotatable bonds is 5. The highest BCUT2D eigenvalue weighted by atomic mass is 32.2. The first kappa shape index (κ1) is 17.6. The highest BCUT2D eigenvalue weighted by molar-refractivity contribution is 7.89. The van der Waals surface area contributed by atoms with Gasteiger partial charge in [0.1, 0.15) is 5.83 Å². The van der Waals surface area contributed by atoms with Gasteiger partial charge in [0.15, 0.2) is 0 Å². The fourth-order valence-corrected chi connectivity index (χ4v) is 3.41. The average Bonchev–Trinajstić information content (AvgIpc) is 2.52. The van der Waals surface area contributed by atoms with Crippen LogP contribution in [0, 0.1) is 5.92 Å². The summed E-state index contributed by atoms with van der Waals surface area (Å²) in [6, 6.07) is 5.71. The molecule has 0 atom stereocenters. The lowest BCUT2D eigenvalue weighted by atomic mass is 10.1. The van der Waals surface area contributed by atoms with E-state index in [9.17, 15) is 17.6 Å². The molecular weight excluding hydrogens is 319 g/mol. The van der Waals surface area contributed by atoms with Crippen LogP contribution in [0.5, 0.6) is 0 Å². The zero-order chi connectivity index (χ0) is 17.0. The quantitative estimate of drug-likeness (QED) is 0.894. The Labute approximate surface area is 136 Å². The minimum atomic E-state index is -3.58. The lowest BCUT2D eigenvalue weighted by Gasteiger charge is -2.24. The van der Waals surface area contributed by atoms with Gasteiger partial charge in [0.05, 0.1) is 11.4 Å². The third kappa shape index (κ3) is 4.62. The molecule has 0 saturated carbocycles. The SMILES string of the molecule is CC(C)CNS(=O)(=O)c1ccc(C(=O)N2CCC=C(F)C2)cc1. The molecule has 23 heavy (non-hydrogen) atoms. The summed E-state index contributed by atoms with van der Waals surface area (Å²) >= 11 is 0. The molecule has 0 aliphatic carbocycles. The van der Waals surface area contributed by atoms with Crippen molar-refractivity contribution in [1.29, 1.82) is 0 Å². The Morgan fingerprint density at radius 3 is 2.52 bits per heavy atom. The van der Waals surface area contributed by atoms with Crippen LogP contribution in [0.1, 0.15) is 30.6 Å². The molecule has 0 aromatic heterocycles. The fourth-order valence-electron chi connectivity index (χ4n) is 2.20. The molecule has 1 aliphatic rings. The third-order valence-electron chi connectivity index (χ3n) is 3.49. The molecule has 0 fully saturated rings. The van der Waals surface area contributed by atoms with E-state index < -0.39 is 10.0 Å². The maximum absolute atomic E-state index is 13.3. The van der Waals surface area contributed by atoms with Crippen molar-refractivity contribution in [2.75, 3.05) is 19.6 Å². The molecular formula is C16H21FN2O3S. The Morgan fingerprint density at radius 1 is 1.30 bits per heavy atom. The van der Waals surface area contributed by atoms with Crippen LogP contribution in [0.3, 0.4) is 0 Å². The van der Waals surface area contributed by atoms with Gasteiger partial charge in [-0.25, -0.2) is 17.5 Å². The second kappa shape index (κ2) is 7.23. The number of nitrogens with zero attached hydrogens (tertiary/aromatic N) is 1. The number of carbonyl (C=O) groups excluding carboxylic acids is 1. The van der Waals surface area contributed by atoms with Crippen molar-refractivity contribution in [2.24, 2.45) is 5.92 Å². The molecule has 0 radical (unpaired) electrons. The van der Waals surface area contributed by atoms with Crippen LogP contribution in [-0.2, 0) is 10.0 Å². The first-order valence-electron chi connectivity index (χ1n) is 7.53. The van der Waals surface area contributed by atoms with Crippen LogP contribution in [-0.4, -0.2) is 38.9 Å². The largest absolute Gasteiger partial charge is 0.332 e. The van der Waals surface area contributed by atoms with Gasteiger partial charge in [0.25, 0.3) is 5.91 Å². The summed E-state index contributed by atoms with van der Waals surface area (Å²) in [5.74, 6) is -0.415. The maximum atomic E-state index is 13.3. The molecule has 0 spiro atoms. The predicted molar refractivity (Wildman–Crippen MR) is 86.2 cm³/mol. The Balaban J connectivity index is 2.10. The zero-order valence-electron chi connectivity index (χ0n) is 13.3. The van der Waals surface area contributed by atoms with Crippen molar-refractivity contribution < 1.29 is 17.6 Å². The molecule has 1 aliphatic heterocycles. The van der Waals surface area contributed by atoms with Gasteiger partial charge in [-0.3, -0.25) is 4.79 Å². The van der Waals surface area contributed by atoms with E-state index in [1.54, 1.807) is 0 Å². The molecule has 126 valence electrons. The lowest BCUT2D eigenvalue weighted by molar-refractivity contribution is 0.0755. The average molecular weight is 340 g/mol. The van der Waals surface area contributed by atoms with Gasteiger partial charge in [0, 0.05) is 18.7 Å². The summed E-state index contributed by atoms with van der Waals surface area (Å²) in [5, 5.41) is 0. The van der Waals surface area contributed by atoms with Gasteiger partial charge in [-0.15, -0.1) is 0 Å². The van der Waals surface area contributed by atoms with Gasteiger partial charge in [-0.2, -0.15) is 0 Å². The van der Waals surface area contributed by atoms with Crippen LogP contribution in [0.2, 0.25) is 0 Å². The van der Waals surface area contributed by atoms with E-state index in [0.717, 1.165) is 0 Å². The minimum Gasteiger partial charge on any atom is -0.332 e. The van der Waals surface area contributed by atoms with Crippen LogP contribution in [0.4, 0.5) is 4.39 Å². The first-order chi connectivity index (χ1) is 10.8. The van der Waals surface area contributed by atoms with E-state index in [4.69, 9.17) is 0 Å². The second-order valence-corrected chi connectivity index (χ2v) is 7.70. The van der Waals surface area contributed by atoms with Gasteiger partial charge >= 0.3 is 0 Å². The van der Waals surface area contributed by atoms with Crippen LogP contribution < -0.4 is 4.72 Å². The molecule has 7 heteroatoms. The second-order valence-electron chi connectivity index (χ2n) is 5.94. The normalized spacial score (nSPS) is 15.7. The standard InChI is InChI=1S/C16H21FN2O3S/c1-12(2)10-18-23(21,22)15-7-5-13(6-8-15)16(20)19-9-3-4-14(17)11-19/h4-8,12,18H,3,9-11H2,1-2H3. The van der Waals surface area contributed by atoms with Crippen molar-refractivity contribution in [1.82, 2.24) is 9.62 Å². The molecule has 2 rings (SSSR count). The van der Waals surface area contributed by atoms with E-state index >= 15 is 0 Å². The monoisotopic (exact) mass is 340 g/mol. The molecule has 1 heterocycles. The molecule has 0 saturated heterocycles. The van der Waals surface area contributed by atoms with E-state index in [-0.39, 0.29) is 29.1 Å². The maximum Gasteiger partial charge on any atom is 0.254 e. The number of carbonyl (C=O) groups is 1. The molecule has 1 N–H and O–H groups in total. The molecule has 5 nitrogen and oxygen atoms in total. The van der Waals surface area contributed by atoms with Crippen LogP contribution >= 0.6 is 0 Å². The van der Waals surface area contributed by atoms with E-state index in [2.05, 4.69) is 4.72 Å². The first-order valence-corrected chi connectivity index (χ1v) is 9.01. The number of amides is 1. The van der Waals surface area contributed by atoms with Crippen LogP contribution in [0.15, 0.2) is 41.1 Å². The molecule has 0 bridgehead atoms. The summed E-state index contributed by atoms with van der Waals surface area (Å²) in [7, 11) is -3.58. The highest BCUT2D eigenvalue weighted by Gasteiger charge is 2.21. The van der Waals surface area contributed by atoms with E-state index in [1.807, 2.05) is 13.8 Å². The number of sulfonamides is 1. The van der Waals surface area contributed by atoms with Crippen LogP contribution in [0.25, 0.3) is 0 Å². The van der Waals surface area contributed by atoms with Crippen molar-refractivity contribution in [2.45, 2.75) is 25.2 Å². The molecule has 1 aromatic carbocycles. The van der Waals surface area contributed by atoms with Gasteiger partial charge < -0.3 is 4.90 Å². The number of hydrogen-bond donors (Lipinski definition) is 1. The Hall–Kier alpha value is -1.73. The Morgan fingerprint density at radius 2 is 1.96 bits per heavy atom. The zero-order valence-corrected chi connectivity index (χ0v) is 14.1. The number of nitrogens with one attached hydrogen (secondary N) is 1. The van der Waals surface area contributed by atoms with Crippen molar-refractivity contribution in [3.05, 3.63) is 41.7 Å². The summed E-state index contributed by atoms with van der Waals surface area (Å²) < 4.78 is 40.0. The molecule has 0 unspecified atom stereocenters. The Bertz CT molecular complexity index is 697. The van der Waals surface area contributed by atoms with E-state index in [0.29, 0.717) is 25.1 Å². The number of hydrogen-bond acceptors (Lipinski definition) is 3. The van der Waals surface area contributed by atoms with Crippen molar-refractivity contribution >= 4 is 15.9 Å². The predicted octanol–water partition coefficient (Wildman–Crippen LogP) is 2.32. The van der Waals surface area contributed by atoms with Gasteiger partial charge in [0.2, 0.25) is 10.0 Å². The van der Waals surface area contributed by atoms with Gasteiger partial charge in [-0.1, -0.05) is 13.8 Å². The Kier molecular flexibility index (Phi) is 5.54. The minimum absolute atomic E-state index is 0.0329. The van der Waals surface area contributed by atoms with E-state index in [1.165, 1.54) is 35.2 Å². The van der Waals surface area contributed by atoms with Crippen molar-refractivity contribution in [3.63, 3.8) is 0 Å². The highest BCUT2D eigenvalue weighted by Crippen LogP contribution is 2.16. The summed E-state index contributed by atoms with van der Waals surface area (Å²) in [6.07, 6.45) is 1.96. The number of halogens is 1. The lowest BCUT2D eigenvalue weighted by Crippen LogP contribution is -2.35. The van der Waals surface area contributed by atoms with Crippen molar-refractivity contribution in [3.8, 4) is 0 Å². The fraction of sp³-hybridized carbons (Fsp3) is 0.438. The smallest absolute Gasteiger partial charge is 0.254 e. The molecule has 1 amide bonds. The summed E-state index contributed by atoms with van der Waals surface area (Å²) in [4.78, 5) is 13.8. The summed E-state index contributed by atoms with van der Waals surface area (Å²) in [5.41, 5.74) is 0.350. The summed E-state index contributed by atoms with van der Waals surface area (Å²) in [6.45, 7) is 4.60. The van der Waals surface area contributed by atoms with Gasteiger partial charge in [-0.05, 0) is 42.7 Å². The molecule has 1 aromatic rings. The number of benzene rings is 1.